The summed E-state index contributed by atoms with van der Waals surface area (Å²) in [6.45, 7) is 12.7. The molecule has 28 heavy (non-hydrogen) atoms. The number of aromatic nitrogens is 1. The highest BCUT2D eigenvalue weighted by Gasteiger charge is 2.50. The predicted molar refractivity (Wildman–Crippen MR) is 105 cm³/mol. The first kappa shape index (κ1) is 23.6. The van der Waals surface area contributed by atoms with Crippen molar-refractivity contribution in [3.8, 4) is 0 Å². The summed E-state index contributed by atoms with van der Waals surface area (Å²) in [4.78, 5) is 46.4. The molecule has 1 aromatic heterocycles. The number of hydrogen-bond donors (Lipinski definition) is 2. The summed E-state index contributed by atoms with van der Waals surface area (Å²) in [5, 5.41) is 10.1. The van der Waals surface area contributed by atoms with Crippen molar-refractivity contribution < 1.29 is 28.7 Å². The van der Waals surface area contributed by atoms with Crippen molar-refractivity contribution in [3.05, 3.63) is 30.1 Å². The zero-order chi connectivity index (χ0) is 21.7. The minimum atomic E-state index is -1.99. The maximum absolute atomic E-state index is 12.6. The highest BCUT2D eigenvalue weighted by Crippen LogP contribution is 2.39. The van der Waals surface area contributed by atoms with Crippen molar-refractivity contribution in [1.29, 1.82) is 0 Å². The highest BCUT2D eigenvalue weighted by atomic mass is 28.4. The lowest BCUT2D eigenvalue weighted by atomic mass is 9.82. The van der Waals surface area contributed by atoms with Gasteiger partial charge in [0.25, 0.3) is 0 Å². The summed E-state index contributed by atoms with van der Waals surface area (Å²) in [5.41, 5.74) is 0.516. The monoisotopic (exact) mass is 408 g/mol. The van der Waals surface area contributed by atoms with Crippen LogP contribution in [0.2, 0.25) is 18.1 Å². The van der Waals surface area contributed by atoms with Crippen molar-refractivity contribution in [2.45, 2.75) is 58.0 Å². The van der Waals surface area contributed by atoms with E-state index in [9.17, 15) is 9.59 Å². The number of pyridine rings is 1. The minimum Gasteiger partial charge on any atom is -0.476 e. The third-order valence-electron chi connectivity index (χ3n) is 5.08. The summed E-state index contributed by atoms with van der Waals surface area (Å²) >= 11 is 0. The third-order valence-corrected chi connectivity index (χ3v) is 9.65. The smallest absolute Gasteiger partial charge is 0.368 e. The molecule has 1 aliphatic heterocycles. The lowest BCUT2D eigenvalue weighted by Gasteiger charge is -2.44. The zero-order valence-corrected chi connectivity index (χ0v) is 18.1. The van der Waals surface area contributed by atoms with Crippen LogP contribution in [0, 0.1) is 5.92 Å². The van der Waals surface area contributed by atoms with Gasteiger partial charge in [-0.2, -0.15) is 0 Å². The minimum absolute atomic E-state index is 0.0599. The summed E-state index contributed by atoms with van der Waals surface area (Å²) in [6.07, 6.45) is 2.70. The quantitative estimate of drug-likeness (QED) is 0.243. The Labute approximate surface area is 165 Å². The number of β-lactam (4-membered cyclic amide) rings is 1. The van der Waals surface area contributed by atoms with E-state index in [2.05, 4.69) is 44.2 Å². The lowest BCUT2D eigenvalue weighted by Crippen LogP contribution is -2.66. The number of nitrogens with one attached hydrogen (secondary N) is 1. The van der Waals surface area contributed by atoms with E-state index in [4.69, 9.17) is 19.1 Å². The van der Waals surface area contributed by atoms with Crippen molar-refractivity contribution in [3.63, 3.8) is 0 Å². The van der Waals surface area contributed by atoms with E-state index >= 15 is 0 Å². The molecule has 2 rings (SSSR count). The van der Waals surface area contributed by atoms with Gasteiger partial charge in [0.2, 0.25) is 12.2 Å². The van der Waals surface area contributed by atoms with Gasteiger partial charge in [-0.15, -0.1) is 0 Å². The Morgan fingerprint density at radius 2 is 1.93 bits per heavy atom. The first-order chi connectivity index (χ1) is 12.8. The average molecular weight is 409 g/mol. The van der Waals surface area contributed by atoms with Crippen molar-refractivity contribution in [2.24, 2.45) is 5.92 Å². The summed E-state index contributed by atoms with van der Waals surface area (Å²) in [7, 11) is -1.99. The van der Waals surface area contributed by atoms with Gasteiger partial charge in [0.15, 0.2) is 14.1 Å². The topological polar surface area (TPSA) is 123 Å². The average Bonchev–Trinajstić information content (AvgIpc) is 2.58. The van der Waals surface area contributed by atoms with Gasteiger partial charge in [0, 0.05) is 18.0 Å². The number of carboxylic acids is 1. The molecule has 0 radical (unpaired) electrons. The van der Waals surface area contributed by atoms with Crippen LogP contribution in [0.25, 0.3) is 0 Å². The Bertz CT molecular complexity index is 730. The van der Waals surface area contributed by atoms with Crippen LogP contribution in [0.3, 0.4) is 0 Å². The number of carboxylic acid groups (broad SMARTS) is 1. The molecule has 3 atom stereocenters. The molecule has 2 N–H and O–H groups in total. The molecule has 0 saturated carbocycles. The fraction of sp³-hybridized carbons (Fsp3) is 0.526. The molecule has 9 heteroatoms. The molecular formula is C19H28N2O6Si. The van der Waals surface area contributed by atoms with E-state index in [0.717, 1.165) is 0 Å². The Morgan fingerprint density at radius 1 is 1.36 bits per heavy atom. The number of ketones is 1. The van der Waals surface area contributed by atoms with Gasteiger partial charge in [-0.1, -0.05) is 20.8 Å². The Kier molecular flexibility index (Phi) is 7.77. The predicted octanol–water partition coefficient (Wildman–Crippen LogP) is 2.06. The second-order valence-corrected chi connectivity index (χ2v) is 12.9. The Morgan fingerprint density at radius 3 is 2.32 bits per heavy atom. The van der Waals surface area contributed by atoms with E-state index < -0.39 is 26.2 Å². The molecule has 1 amide bonds. The molecule has 0 aliphatic carbocycles. The van der Waals surface area contributed by atoms with Gasteiger partial charge in [0.05, 0.1) is 12.0 Å². The molecule has 0 bridgehead atoms. The fourth-order valence-electron chi connectivity index (χ4n) is 2.51. The first-order valence-electron chi connectivity index (χ1n) is 8.92. The second kappa shape index (κ2) is 9.20. The number of aldehydes is 1. The van der Waals surface area contributed by atoms with E-state index in [1.54, 1.807) is 18.3 Å². The number of rotatable bonds is 6. The van der Waals surface area contributed by atoms with Gasteiger partial charge in [-0.25, -0.2) is 4.79 Å². The largest absolute Gasteiger partial charge is 0.476 e. The van der Waals surface area contributed by atoms with Crippen LogP contribution < -0.4 is 5.32 Å². The van der Waals surface area contributed by atoms with Gasteiger partial charge < -0.3 is 14.8 Å². The van der Waals surface area contributed by atoms with Crippen molar-refractivity contribution in [1.82, 2.24) is 10.3 Å². The number of carbonyl (C=O) groups excluding carboxylic acids is 3. The molecular weight excluding hydrogens is 380 g/mol. The number of aliphatic carboxylic acids is 1. The molecule has 1 aromatic rings. The second-order valence-electron chi connectivity index (χ2n) is 8.16. The zero-order valence-electron chi connectivity index (χ0n) is 17.1. The summed E-state index contributed by atoms with van der Waals surface area (Å²) in [5.74, 6) is -2.08. The summed E-state index contributed by atoms with van der Waals surface area (Å²) in [6, 6.07) is 2.92. The van der Waals surface area contributed by atoms with Crippen LogP contribution in [0.5, 0.6) is 0 Å². The third kappa shape index (κ3) is 5.80. The first-order valence-corrected chi connectivity index (χ1v) is 11.8. The van der Waals surface area contributed by atoms with Crippen LogP contribution in [0.4, 0.5) is 0 Å². The maximum Gasteiger partial charge on any atom is 0.368 e. The van der Waals surface area contributed by atoms with Crippen LogP contribution in [-0.4, -0.2) is 54.5 Å². The van der Waals surface area contributed by atoms with Crippen LogP contribution in [0.1, 0.15) is 38.1 Å². The summed E-state index contributed by atoms with van der Waals surface area (Å²) < 4.78 is 6.30. The molecule has 2 heterocycles. The number of hydrogen-bond acceptors (Lipinski definition) is 6. The molecule has 8 nitrogen and oxygen atoms in total. The van der Waals surface area contributed by atoms with Crippen LogP contribution in [0.15, 0.2) is 24.5 Å². The Hall–Kier alpha value is -2.39. The molecule has 0 unspecified atom stereocenters. The van der Waals surface area contributed by atoms with E-state index in [0.29, 0.717) is 5.56 Å². The number of Topliss-reactive ketones (excluding diaryl/α,β-unsaturated/α-hetero) is 1. The van der Waals surface area contributed by atoms with E-state index in [-0.39, 0.29) is 29.1 Å². The van der Waals surface area contributed by atoms with E-state index in [1.165, 1.54) is 6.20 Å². The highest BCUT2D eigenvalue weighted by molar-refractivity contribution is 6.74. The molecule has 0 aromatic carbocycles. The maximum atomic E-state index is 12.6. The molecule has 1 fully saturated rings. The fourth-order valence-corrected chi connectivity index (χ4v) is 3.94. The van der Waals surface area contributed by atoms with Crippen molar-refractivity contribution in [2.75, 3.05) is 0 Å². The standard InChI is InChI=1S/C17H26N2O3Si.C2H2O3/c1-11(22-23(5,6)17(2,3)4)13-14(19-16(13)21)15(20)12-8-7-9-18-10-12;3-1-2(4)5/h7-11,13-14H,1-6H3,(H,19,21);1H,(H,4,5)/t11-,13-,14-;/m1./s1. The number of nitrogens with zero attached hydrogens (tertiary/aromatic N) is 1. The van der Waals surface area contributed by atoms with Crippen LogP contribution in [-0.2, 0) is 18.8 Å². The Balaban J connectivity index is 0.000000696. The molecule has 1 saturated heterocycles. The van der Waals surface area contributed by atoms with Gasteiger partial charge in [-0.05, 0) is 37.2 Å². The van der Waals surface area contributed by atoms with Gasteiger partial charge in [-0.3, -0.25) is 19.4 Å². The SMILES string of the molecule is C[C@@H](O[Si](C)(C)C(C)(C)C)[C@H]1C(=O)N[C@H]1C(=O)c1cccnc1.O=CC(=O)O. The van der Waals surface area contributed by atoms with Crippen molar-refractivity contribution >= 4 is 32.3 Å². The van der Waals surface area contributed by atoms with Gasteiger partial charge in [0.1, 0.15) is 6.04 Å². The molecule has 154 valence electrons. The lowest BCUT2D eigenvalue weighted by molar-refractivity contribution is -0.143. The molecule has 1 aliphatic rings. The van der Waals surface area contributed by atoms with Gasteiger partial charge >= 0.3 is 5.97 Å². The number of carbonyl (C=O) groups is 4. The molecule has 0 spiro atoms. The van der Waals surface area contributed by atoms with E-state index in [1.807, 2.05) is 6.92 Å². The number of amides is 1. The normalized spacial score (nSPS) is 20.0. The van der Waals surface area contributed by atoms with Crippen LogP contribution >= 0.6 is 0 Å².